The van der Waals surface area contributed by atoms with Crippen LogP contribution in [0.1, 0.15) is 47.8 Å². The number of carbonyl (C=O) groups is 1. The normalized spacial score (nSPS) is 17.9. The first kappa shape index (κ1) is 21.5. The van der Waals surface area contributed by atoms with Crippen molar-refractivity contribution in [2.24, 2.45) is 0 Å². The molecular formula is C25H25N3O4. The maximum absolute atomic E-state index is 13.3. The molecule has 0 aromatic heterocycles. The Morgan fingerprint density at radius 3 is 2.34 bits per heavy atom. The first-order chi connectivity index (χ1) is 15.1. The molecule has 1 heterocycles. The van der Waals surface area contributed by atoms with Gasteiger partial charge >= 0.3 is 0 Å². The maximum atomic E-state index is 13.3. The minimum Gasteiger partial charge on any atom is -0.375 e. The summed E-state index contributed by atoms with van der Waals surface area (Å²) in [4.78, 5) is 26.0. The quantitative estimate of drug-likeness (QED) is 0.453. The standard InChI is InChI=1S/C25H25N3O4/c1-24(2,3)26-21-14-13-18(15-22(21)28(31)32)25(30)20-12-8-7-11-19(20)23(29)27(25)16-17-9-5-4-6-10-17/h4-15,26,30H,16H2,1-3H3. The van der Waals surface area contributed by atoms with Crippen LogP contribution in [0.4, 0.5) is 11.4 Å². The molecule has 0 fully saturated rings. The van der Waals surface area contributed by atoms with Crippen molar-refractivity contribution in [2.75, 3.05) is 5.32 Å². The van der Waals surface area contributed by atoms with E-state index in [9.17, 15) is 20.0 Å². The number of nitro groups is 1. The molecule has 0 radical (unpaired) electrons. The molecular weight excluding hydrogens is 406 g/mol. The zero-order valence-electron chi connectivity index (χ0n) is 18.2. The Labute approximate surface area is 186 Å². The van der Waals surface area contributed by atoms with Gasteiger partial charge in [-0.2, -0.15) is 0 Å². The van der Waals surface area contributed by atoms with Crippen molar-refractivity contribution >= 4 is 17.3 Å². The molecule has 0 aliphatic carbocycles. The lowest BCUT2D eigenvalue weighted by atomic mass is 9.92. The smallest absolute Gasteiger partial charge is 0.292 e. The van der Waals surface area contributed by atoms with Gasteiger partial charge in [-0.15, -0.1) is 0 Å². The zero-order valence-corrected chi connectivity index (χ0v) is 18.2. The number of nitro benzene ring substituents is 1. The molecule has 0 spiro atoms. The monoisotopic (exact) mass is 431 g/mol. The second kappa shape index (κ2) is 7.76. The molecule has 4 rings (SSSR count). The van der Waals surface area contributed by atoms with Gasteiger partial charge in [-0.3, -0.25) is 19.8 Å². The molecule has 1 aliphatic heterocycles. The van der Waals surface area contributed by atoms with Gasteiger partial charge in [0.15, 0.2) is 5.72 Å². The highest BCUT2D eigenvalue weighted by atomic mass is 16.6. The Morgan fingerprint density at radius 1 is 1.03 bits per heavy atom. The Balaban J connectivity index is 1.87. The van der Waals surface area contributed by atoms with Crippen LogP contribution in [0.15, 0.2) is 72.8 Å². The van der Waals surface area contributed by atoms with Gasteiger partial charge in [0.05, 0.1) is 4.92 Å². The zero-order chi connectivity index (χ0) is 23.1. The summed E-state index contributed by atoms with van der Waals surface area (Å²) in [5.41, 5.74) is -0.153. The summed E-state index contributed by atoms with van der Waals surface area (Å²) in [5, 5.41) is 27.0. The van der Waals surface area contributed by atoms with Crippen LogP contribution in [0.2, 0.25) is 0 Å². The molecule has 0 saturated carbocycles. The average molecular weight is 431 g/mol. The molecule has 1 aliphatic rings. The second-order valence-corrected chi connectivity index (χ2v) is 8.96. The number of rotatable bonds is 5. The fourth-order valence-electron chi connectivity index (χ4n) is 4.08. The minimum absolute atomic E-state index is 0.153. The first-order valence-corrected chi connectivity index (χ1v) is 10.4. The molecule has 7 heteroatoms. The van der Waals surface area contributed by atoms with E-state index in [4.69, 9.17) is 0 Å². The lowest BCUT2D eigenvalue weighted by Crippen LogP contribution is -2.44. The van der Waals surface area contributed by atoms with Crippen molar-refractivity contribution in [2.45, 2.75) is 38.6 Å². The molecule has 7 nitrogen and oxygen atoms in total. The first-order valence-electron chi connectivity index (χ1n) is 10.4. The maximum Gasteiger partial charge on any atom is 0.292 e. The SMILES string of the molecule is CC(C)(C)Nc1ccc(C2(O)c3ccccc3C(=O)N2Cc2ccccc2)cc1[N+](=O)[O-]. The predicted molar refractivity (Wildman–Crippen MR) is 122 cm³/mol. The summed E-state index contributed by atoms with van der Waals surface area (Å²) >= 11 is 0. The van der Waals surface area contributed by atoms with Crippen LogP contribution in [0.5, 0.6) is 0 Å². The molecule has 3 aromatic carbocycles. The Bertz CT molecular complexity index is 1190. The van der Waals surface area contributed by atoms with Gasteiger partial charge in [0.2, 0.25) is 0 Å². The van der Waals surface area contributed by atoms with Crippen LogP contribution >= 0.6 is 0 Å². The van der Waals surface area contributed by atoms with Crippen molar-refractivity contribution in [3.63, 3.8) is 0 Å². The largest absolute Gasteiger partial charge is 0.375 e. The molecule has 164 valence electrons. The third-order valence-corrected chi connectivity index (χ3v) is 5.46. The summed E-state index contributed by atoms with van der Waals surface area (Å²) in [5.74, 6) is -0.327. The fraction of sp³-hybridized carbons (Fsp3) is 0.240. The van der Waals surface area contributed by atoms with Gasteiger partial charge in [-0.1, -0.05) is 54.6 Å². The summed E-state index contributed by atoms with van der Waals surface area (Å²) < 4.78 is 0. The van der Waals surface area contributed by atoms with E-state index in [2.05, 4.69) is 5.32 Å². The highest BCUT2D eigenvalue weighted by Crippen LogP contribution is 2.44. The number of nitrogens with zero attached hydrogens (tertiary/aromatic N) is 2. The number of amides is 1. The molecule has 1 unspecified atom stereocenters. The number of fused-ring (bicyclic) bond motifs is 1. The number of benzene rings is 3. The molecule has 0 saturated heterocycles. The lowest BCUT2D eigenvalue weighted by molar-refractivity contribution is -0.384. The number of hydrogen-bond donors (Lipinski definition) is 2. The van der Waals surface area contributed by atoms with Gasteiger partial charge in [0.1, 0.15) is 5.69 Å². The van der Waals surface area contributed by atoms with Crippen LogP contribution < -0.4 is 5.32 Å². The van der Waals surface area contributed by atoms with Gasteiger partial charge in [-0.05, 0) is 38.5 Å². The summed E-state index contributed by atoms with van der Waals surface area (Å²) in [6, 6.07) is 20.7. The number of carbonyl (C=O) groups excluding carboxylic acids is 1. The van der Waals surface area contributed by atoms with E-state index in [0.717, 1.165) is 5.56 Å². The molecule has 0 bridgehead atoms. The van der Waals surface area contributed by atoms with Gasteiger partial charge < -0.3 is 10.4 Å². The predicted octanol–water partition coefficient (Wildman–Crippen LogP) is 4.65. The summed E-state index contributed by atoms with van der Waals surface area (Å²) in [7, 11) is 0. The van der Waals surface area contributed by atoms with Crippen molar-refractivity contribution in [3.05, 3.63) is 105 Å². The molecule has 2 N–H and O–H groups in total. The number of nitrogens with one attached hydrogen (secondary N) is 1. The molecule has 1 amide bonds. The summed E-state index contributed by atoms with van der Waals surface area (Å²) in [6.07, 6.45) is 0. The van der Waals surface area contributed by atoms with Gasteiger partial charge in [-0.25, -0.2) is 0 Å². The van der Waals surface area contributed by atoms with E-state index in [1.807, 2.05) is 51.1 Å². The number of anilines is 1. The third kappa shape index (κ3) is 3.71. The van der Waals surface area contributed by atoms with E-state index < -0.39 is 16.2 Å². The Hall–Kier alpha value is -3.71. The molecule has 32 heavy (non-hydrogen) atoms. The van der Waals surface area contributed by atoms with E-state index >= 15 is 0 Å². The number of aliphatic hydroxyl groups is 1. The van der Waals surface area contributed by atoms with Crippen LogP contribution in [-0.2, 0) is 12.3 Å². The van der Waals surface area contributed by atoms with Crippen molar-refractivity contribution in [3.8, 4) is 0 Å². The average Bonchev–Trinajstić information content (AvgIpc) is 2.96. The van der Waals surface area contributed by atoms with Crippen LogP contribution in [0, 0.1) is 10.1 Å². The second-order valence-electron chi connectivity index (χ2n) is 8.96. The van der Waals surface area contributed by atoms with Crippen molar-refractivity contribution in [1.29, 1.82) is 0 Å². The number of hydrogen-bond acceptors (Lipinski definition) is 5. The Morgan fingerprint density at radius 2 is 1.69 bits per heavy atom. The van der Waals surface area contributed by atoms with Crippen molar-refractivity contribution < 1.29 is 14.8 Å². The van der Waals surface area contributed by atoms with E-state index in [-0.39, 0.29) is 23.7 Å². The molecule has 1 atom stereocenters. The van der Waals surface area contributed by atoms with Gasteiger partial charge in [0, 0.05) is 34.8 Å². The Kier molecular flexibility index (Phi) is 5.22. The minimum atomic E-state index is -1.84. The van der Waals surface area contributed by atoms with Crippen LogP contribution in [0.3, 0.4) is 0 Å². The van der Waals surface area contributed by atoms with Crippen molar-refractivity contribution in [1.82, 2.24) is 4.90 Å². The van der Waals surface area contributed by atoms with Crippen LogP contribution in [-0.4, -0.2) is 26.4 Å². The summed E-state index contributed by atoms with van der Waals surface area (Å²) in [6.45, 7) is 5.88. The van der Waals surface area contributed by atoms with E-state index in [1.165, 1.54) is 11.0 Å². The highest BCUT2D eigenvalue weighted by molar-refractivity contribution is 6.00. The topological polar surface area (TPSA) is 95.7 Å². The lowest BCUT2D eigenvalue weighted by Gasteiger charge is -2.35. The third-order valence-electron chi connectivity index (χ3n) is 5.46. The van der Waals surface area contributed by atoms with Gasteiger partial charge in [0.25, 0.3) is 11.6 Å². The fourth-order valence-corrected chi connectivity index (χ4v) is 4.08. The molecule has 3 aromatic rings. The highest BCUT2D eigenvalue weighted by Gasteiger charge is 2.50. The van der Waals surface area contributed by atoms with Crippen LogP contribution in [0.25, 0.3) is 0 Å². The van der Waals surface area contributed by atoms with E-state index in [1.54, 1.807) is 36.4 Å². The van der Waals surface area contributed by atoms with E-state index in [0.29, 0.717) is 16.8 Å².